The van der Waals surface area contributed by atoms with E-state index in [0.717, 1.165) is 17.5 Å². The number of thiocarbonyl (C=S) groups is 1. The van der Waals surface area contributed by atoms with E-state index in [4.69, 9.17) is 28.2 Å². The van der Waals surface area contributed by atoms with Crippen LogP contribution in [0.5, 0.6) is 5.75 Å². The molecule has 1 heterocycles. The summed E-state index contributed by atoms with van der Waals surface area (Å²) in [6.45, 7) is 2.01. The lowest BCUT2D eigenvalue weighted by Crippen LogP contribution is -2.33. The van der Waals surface area contributed by atoms with Crippen molar-refractivity contribution >= 4 is 40.5 Å². The van der Waals surface area contributed by atoms with Crippen molar-refractivity contribution in [1.82, 2.24) is 5.32 Å². The zero-order valence-electron chi connectivity index (χ0n) is 14.5. The van der Waals surface area contributed by atoms with Gasteiger partial charge in [-0.25, -0.2) is 0 Å². The van der Waals surface area contributed by atoms with Gasteiger partial charge >= 0.3 is 0 Å². The number of phenols is 1. The third-order valence-corrected chi connectivity index (χ3v) is 4.36. The number of benzene rings is 2. The molecule has 1 amide bonds. The van der Waals surface area contributed by atoms with Gasteiger partial charge in [-0.05, 0) is 72.7 Å². The maximum atomic E-state index is 12.3. The van der Waals surface area contributed by atoms with Crippen LogP contribution in [0.2, 0.25) is 5.02 Å². The molecule has 7 heteroatoms. The van der Waals surface area contributed by atoms with Crippen molar-refractivity contribution in [2.75, 3.05) is 5.32 Å². The molecule has 0 radical (unpaired) electrons. The number of furan rings is 1. The van der Waals surface area contributed by atoms with Gasteiger partial charge in [0.2, 0.25) is 0 Å². The van der Waals surface area contributed by atoms with E-state index in [1.165, 1.54) is 0 Å². The maximum absolute atomic E-state index is 12.3. The molecule has 0 aliphatic carbocycles. The standard InChI is InChI=1S/C20H17ClN2O3S/c1-2-12-3-8-16(24)15(11-12)22-20(27)23-19(25)18-10-9-17(26-18)13-4-6-14(21)7-5-13/h3-11,24H,2H2,1H3,(H2,22,23,25,27). The van der Waals surface area contributed by atoms with Gasteiger partial charge in [0.05, 0.1) is 5.69 Å². The molecule has 5 nitrogen and oxygen atoms in total. The Labute approximate surface area is 167 Å². The minimum atomic E-state index is -0.487. The predicted molar refractivity (Wildman–Crippen MR) is 110 cm³/mol. The molecule has 3 rings (SSSR count). The molecular weight excluding hydrogens is 384 g/mol. The van der Waals surface area contributed by atoms with Gasteiger partial charge in [-0.3, -0.25) is 10.1 Å². The van der Waals surface area contributed by atoms with Crippen LogP contribution >= 0.6 is 23.8 Å². The number of phenolic OH excluding ortho intramolecular Hbond substituents is 1. The summed E-state index contributed by atoms with van der Waals surface area (Å²) in [5.41, 5.74) is 2.27. The molecule has 0 saturated carbocycles. The molecule has 1 aromatic heterocycles. The number of aromatic hydroxyl groups is 1. The quantitative estimate of drug-likeness (QED) is 0.424. The van der Waals surface area contributed by atoms with Gasteiger partial charge in [-0.2, -0.15) is 0 Å². The van der Waals surface area contributed by atoms with Crippen molar-refractivity contribution in [2.45, 2.75) is 13.3 Å². The number of aryl methyl sites for hydroxylation is 1. The van der Waals surface area contributed by atoms with Gasteiger partial charge in [0.1, 0.15) is 11.5 Å². The molecule has 138 valence electrons. The highest BCUT2D eigenvalue weighted by molar-refractivity contribution is 7.80. The summed E-state index contributed by atoms with van der Waals surface area (Å²) in [5.74, 6) is 0.227. The Hall–Kier alpha value is -2.83. The second-order valence-electron chi connectivity index (χ2n) is 5.78. The molecule has 0 saturated heterocycles. The first-order valence-corrected chi connectivity index (χ1v) is 9.05. The van der Waals surface area contributed by atoms with E-state index in [1.807, 2.05) is 13.0 Å². The Bertz CT molecular complexity index is 983. The number of amides is 1. The normalized spacial score (nSPS) is 10.4. The number of hydrogen-bond acceptors (Lipinski definition) is 4. The number of carbonyl (C=O) groups excluding carboxylic acids is 1. The molecule has 0 aliphatic heterocycles. The van der Waals surface area contributed by atoms with E-state index in [-0.39, 0.29) is 16.6 Å². The van der Waals surface area contributed by atoms with Gasteiger partial charge in [0, 0.05) is 10.6 Å². The van der Waals surface area contributed by atoms with Crippen molar-refractivity contribution in [3.63, 3.8) is 0 Å². The van der Waals surface area contributed by atoms with E-state index in [1.54, 1.807) is 48.5 Å². The highest BCUT2D eigenvalue weighted by Crippen LogP contribution is 2.25. The van der Waals surface area contributed by atoms with Gasteiger partial charge < -0.3 is 14.8 Å². The summed E-state index contributed by atoms with van der Waals surface area (Å²) in [6.07, 6.45) is 0.813. The summed E-state index contributed by atoms with van der Waals surface area (Å²) in [7, 11) is 0. The number of carbonyl (C=O) groups is 1. The molecule has 0 bridgehead atoms. The molecule has 0 fully saturated rings. The summed E-state index contributed by atoms with van der Waals surface area (Å²) in [6, 6.07) is 15.5. The van der Waals surface area contributed by atoms with E-state index < -0.39 is 5.91 Å². The largest absolute Gasteiger partial charge is 0.506 e. The third kappa shape index (κ3) is 4.67. The van der Waals surface area contributed by atoms with Crippen molar-refractivity contribution in [3.8, 4) is 17.1 Å². The minimum Gasteiger partial charge on any atom is -0.506 e. The lowest BCUT2D eigenvalue weighted by Gasteiger charge is -2.11. The van der Waals surface area contributed by atoms with E-state index in [0.29, 0.717) is 16.5 Å². The van der Waals surface area contributed by atoms with Crippen LogP contribution in [0.15, 0.2) is 59.0 Å². The fraction of sp³-hybridized carbons (Fsp3) is 0.100. The Kier molecular flexibility index (Phi) is 5.78. The molecule has 27 heavy (non-hydrogen) atoms. The number of halogens is 1. The van der Waals surface area contributed by atoms with Gasteiger partial charge in [0.25, 0.3) is 5.91 Å². The second-order valence-corrected chi connectivity index (χ2v) is 6.63. The van der Waals surface area contributed by atoms with E-state index in [2.05, 4.69) is 10.6 Å². The monoisotopic (exact) mass is 400 g/mol. The number of nitrogens with one attached hydrogen (secondary N) is 2. The predicted octanol–water partition coefficient (Wildman–Crippen LogP) is 4.99. The highest BCUT2D eigenvalue weighted by atomic mass is 35.5. The molecule has 3 aromatic rings. The Morgan fingerprint density at radius 3 is 2.59 bits per heavy atom. The average molecular weight is 401 g/mol. The number of hydrogen-bond donors (Lipinski definition) is 3. The molecule has 2 aromatic carbocycles. The first-order chi connectivity index (χ1) is 13.0. The van der Waals surface area contributed by atoms with Crippen LogP contribution in [0.25, 0.3) is 11.3 Å². The molecule has 3 N–H and O–H groups in total. The molecule has 0 spiro atoms. The summed E-state index contributed by atoms with van der Waals surface area (Å²) in [5, 5.41) is 16.0. The summed E-state index contributed by atoms with van der Waals surface area (Å²) in [4.78, 5) is 12.3. The first kappa shape index (κ1) is 18.9. The van der Waals surface area contributed by atoms with Crippen LogP contribution in [0, 0.1) is 0 Å². The topological polar surface area (TPSA) is 74.5 Å². The first-order valence-electron chi connectivity index (χ1n) is 8.26. The SMILES string of the molecule is CCc1ccc(O)c(NC(=S)NC(=O)c2ccc(-c3ccc(Cl)cc3)o2)c1. The molecule has 0 unspecified atom stereocenters. The van der Waals surface area contributed by atoms with Crippen molar-refractivity contribution < 1.29 is 14.3 Å². The van der Waals surface area contributed by atoms with E-state index in [9.17, 15) is 9.90 Å². The zero-order valence-corrected chi connectivity index (χ0v) is 16.0. The van der Waals surface area contributed by atoms with Crippen LogP contribution in [0.4, 0.5) is 5.69 Å². The Morgan fingerprint density at radius 2 is 1.89 bits per heavy atom. The number of anilines is 1. The highest BCUT2D eigenvalue weighted by Gasteiger charge is 2.14. The van der Waals surface area contributed by atoms with Crippen LogP contribution < -0.4 is 10.6 Å². The minimum absolute atomic E-state index is 0.0480. The van der Waals surface area contributed by atoms with Crippen LogP contribution in [0.3, 0.4) is 0 Å². The Morgan fingerprint density at radius 1 is 1.15 bits per heavy atom. The van der Waals surface area contributed by atoms with E-state index >= 15 is 0 Å². The van der Waals surface area contributed by atoms with Crippen LogP contribution in [-0.4, -0.2) is 16.1 Å². The van der Waals surface area contributed by atoms with Gasteiger partial charge in [-0.1, -0.05) is 24.6 Å². The molecule has 0 aliphatic rings. The van der Waals surface area contributed by atoms with Crippen LogP contribution in [0.1, 0.15) is 23.0 Å². The molecule has 0 atom stereocenters. The summed E-state index contributed by atoms with van der Waals surface area (Å²) >= 11 is 11.0. The van der Waals surface area contributed by atoms with Crippen molar-refractivity contribution in [2.24, 2.45) is 0 Å². The van der Waals surface area contributed by atoms with Gasteiger partial charge in [0.15, 0.2) is 10.9 Å². The third-order valence-electron chi connectivity index (χ3n) is 3.90. The summed E-state index contributed by atoms with van der Waals surface area (Å²) < 4.78 is 5.59. The zero-order chi connectivity index (χ0) is 19.4. The number of rotatable bonds is 4. The van der Waals surface area contributed by atoms with Crippen LogP contribution in [-0.2, 0) is 6.42 Å². The second kappa shape index (κ2) is 8.24. The lowest BCUT2D eigenvalue weighted by molar-refractivity contribution is 0.0951. The Balaban J connectivity index is 1.67. The average Bonchev–Trinajstić information content (AvgIpc) is 3.14. The lowest BCUT2D eigenvalue weighted by atomic mass is 10.1. The van der Waals surface area contributed by atoms with Crippen molar-refractivity contribution in [3.05, 3.63) is 70.9 Å². The molecular formula is C20H17ClN2O3S. The van der Waals surface area contributed by atoms with Crippen molar-refractivity contribution in [1.29, 1.82) is 0 Å². The smallest absolute Gasteiger partial charge is 0.293 e. The fourth-order valence-electron chi connectivity index (χ4n) is 2.45. The fourth-order valence-corrected chi connectivity index (χ4v) is 2.78. The maximum Gasteiger partial charge on any atom is 0.293 e. The van der Waals surface area contributed by atoms with Gasteiger partial charge in [-0.15, -0.1) is 0 Å².